The van der Waals surface area contributed by atoms with Gasteiger partial charge >= 0.3 is 0 Å². The average Bonchev–Trinajstić information content (AvgIpc) is 2.96. The minimum absolute atomic E-state index is 0.0140. The van der Waals surface area contributed by atoms with Gasteiger partial charge in [0.2, 0.25) is 0 Å². The van der Waals surface area contributed by atoms with Gasteiger partial charge in [-0.15, -0.1) is 11.8 Å². The van der Waals surface area contributed by atoms with Crippen LogP contribution in [0, 0.1) is 6.92 Å². The van der Waals surface area contributed by atoms with Gasteiger partial charge in [0.25, 0.3) is 11.8 Å². The van der Waals surface area contributed by atoms with Crippen molar-refractivity contribution in [3.63, 3.8) is 0 Å². The van der Waals surface area contributed by atoms with Crippen LogP contribution in [0.4, 0.5) is 5.69 Å². The van der Waals surface area contributed by atoms with Crippen molar-refractivity contribution in [2.45, 2.75) is 11.8 Å². The Bertz CT molecular complexity index is 1480. The lowest BCUT2D eigenvalue weighted by Crippen LogP contribution is -2.30. The highest BCUT2D eigenvalue weighted by molar-refractivity contribution is 8.00. The number of ketones is 1. The van der Waals surface area contributed by atoms with Crippen molar-refractivity contribution in [1.82, 2.24) is 5.32 Å². The van der Waals surface area contributed by atoms with E-state index in [4.69, 9.17) is 4.74 Å². The molecule has 2 amide bonds. The van der Waals surface area contributed by atoms with Crippen molar-refractivity contribution >= 4 is 41.1 Å². The Morgan fingerprint density at radius 2 is 1.54 bits per heavy atom. The molecule has 0 aromatic heterocycles. The fraction of sp³-hybridized carbons (Fsp3) is 0.0938. The molecule has 39 heavy (non-hydrogen) atoms. The zero-order chi connectivity index (χ0) is 27.6. The molecule has 7 heteroatoms. The number of benzene rings is 4. The molecule has 0 saturated heterocycles. The standard InChI is InChI=1S/C32H28N2O4S/c1-22-7-6-8-23(19-22)20-29(34-31(36)25-9-4-3-5-10-25)32(37)33-26-13-17-28(18-14-26)39-21-30(35)24-11-15-27(38-2)16-12-24/h3-20H,21H2,1-2H3,(H,33,37)(H,34,36)/b29-20-. The second-order valence-corrected chi connectivity index (χ2v) is 9.76. The molecule has 4 aromatic rings. The third kappa shape index (κ3) is 7.93. The van der Waals surface area contributed by atoms with Crippen LogP contribution in [0.3, 0.4) is 0 Å². The maximum atomic E-state index is 13.2. The van der Waals surface area contributed by atoms with Crippen molar-refractivity contribution in [2.75, 3.05) is 18.2 Å². The zero-order valence-corrected chi connectivity index (χ0v) is 22.5. The molecule has 4 rings (SSSR count). The number of hydrogen-bond acceptors (Lipinski definition) is 5. The van der Waals surface area contributed by atoms with Crippen LogP contribution in [0.1, 0.15) is 31.8 Å². The van der Waals surface area contributed by atoms with Crippen molar-refractivity contribution < 1.29 is 19.1 Å². The maximum Gasteiger partial charge on any atom is 0.272 e. The summed E-state index contributed by atoms with van der Waals surface area (Å²) in [5.74, 6) is 0.176. The summed E-state index contributed by atoms with van der Waals surface area (Å²) in [4.78, 5) is 39.4. The van der Waals surface area contributed by atoms with Gasteiger partial charge in [-0.3, -0.25) is 14.4 Å². The third-order valence-electron chi connectivity index (χ3n) is 5.78. The Morgan fingerprint density at radius 3 is 2.21 bits per heavy atom. The number of hydrogen-bond donors (Lipinski definition) is 2. The number of ether oxygens (including phenoxy) is 1. The van der Waals surface area contributed by atoms with Crippen molar-refractivity contribution in [1.29, 1.82) is 0 Å². The first kappa shape index (κ1) is 27.4. The van der Waals surface area contributed by atoms with Gasteiger partial charge in [0.05, 0.1) is 12.9 Å². The smallest absolute Gasteiger partial charge is 0.272 e. The van der Waals surface area contributed by atoms with Gasteiger partial charge in [-0.25, -0.2) is 0 Å². The second kappa shape index (κ2) is 13.3. The maximum absolute atomic E-state index is 13.2. The molecule has 4 aromatic carbocycles. The molecule has 6 nitrogen and oxygen atoms in total. The van der Waals surface area contributed by atoms with E-state index in [1.54, 1.807) is 73.8 Å². The van der Waals surface area contributed by atoms with Gasteiger partial charge < -0.3 is 15.4 Å². The van der Waals surface area contributed by atoms with Crippen LogP contribution in [0.15, 0.2) is 114 Å². The van der Waals surface area contributed by atoms with Crippen LogP contribution >= 0.6 is 11.8 Å². The number of thioether (sulfide) groups is 1. The fourth-order valence-corrected chi connectivity index (χ4v) is 4.50. The number of anilines is 1. The highest BCUT2D eigenvalue weighted by Crippen LogP contribution is 2.23. The summed E-state index contributed by atoms with van der Waals surface area (Å²) in [7, 11) is 1.58. The highest BCUT2D eigenvalue weighted by atomic mass is 32.2. The van der Waals surface area contributed by atoms with Gasteiger partial charge in [-0.05, 0) is 79.2 Å². The number of carbonyl (C=O) groups excluding carboxylic acids is 3. The highest BCUT2D eigenvalue weighted by Gasteiger charge is 2.15. The SMILES string of the molecule is COc1ccc(C(=O)CSc2ccc(NC(=O)/C(=C/c3cccc(C)c3)NC(=O)c3ccccc3)cc2)cc1. The molecule has 0 heterocycles. The number of carbonyl (C=O) groups is 3. The molecule has 0 spiro atoms. The molecule has 0 saturated carbocycles. The molecular weight excluding hydrogens is 508 g/mol. The Hall–Kier alpha value is -4.62. The van der Waals surface area contributed by atoms with Crippen LogP contribution in [0.5, 0.6) is 5.75 Å². The molecule has 0 aliphatic carbocycles. The van der Waals surface area contributed by atoms with Gasteiger partial charge in [-0.1, -0.05) is 48.0 Å². The Kier molecular flexibility index (Phi) is 9.32. The van der Waals surface area contributed by atoms with Crippen LogP contribution in [0.2, 0.25) is 0 Å². The third-order valence-corrected chi connectivity index (χ3v) is 6.79. The van der Waals surface area contributed by atoms with E-state index in [1.165, 1.54) is 11.8 Å². The Labute approximate surface area is 232 Å². The van der Waals surface area contributed by atoms with Crippen LogP contribution in [0.25, 0.3) is 6.08 Å². The van der Waals surface area contributed by atoms with Crippen LogP contribution in [-0.4, -0.2) is 30.5 Å². The largest absolute Gasteiger partial charge is 0.497 e. The van der Waals surface area contributed by atoms with Gasteiger partial charge in [0.15, 0.2) is 5.78 Å². The molecule has 0 bridgehead atoms. The number of nitrogens with one attached hydrogen (secondary N) is 2. The monoisotopic (exact) mass is 536 g/mol. The molecule has 2 N–H and O–H groups in total. The number of rotatable bonds is 10. The topological polar surface area (TPSA) is 84.5 Å². The number of Topliss-reactive ketones (excluding diaryl/α,β-unsaturated/α-hetero) is 1. The van der Waals surface area contributed by atoms with E-state index in [-0.39, 0.29) is 23.1 Å². The molecule has 0 radical (unpaired) electrons. The molecule has 0 atom stereocenters. The Balaban J connectivity index is 1.42. The first-order valence-electron chi connectivity index (χ1n) is 12.3. The quantitative estimate of drug-likeness (QED) is 0.139. The first-order valence-corrected chi connectivity index (χ1v) is 13.3. The van der Waals surface area contributed by atoms with Crippen LogP contribution < -0.4 is 15.4 Å². The number of amides is 2. The van der Waals surface area contributed by atoms with Crippen LogP contribution in [-0.2, 0) is 4.79 Å². The van der Waals surface area contributed by atoms with Crippen molar-refractivity contribution in [2.24, 2.45) is 0 Å². The van der Waals surface area contributed by atoms with Gasteiger partial charge in [0, 0.05) is 21.7 Å². The molecular formula is C32H28N2O4S. The molecule has 0 unspecified atom stereocenters. The molecule has 196 valence electrons. The predicted octanol–water partition coefficient (Wildman–Crippen LogP) is 6.39. The molecule has 0 fully saturated rings. The van der Waals surface area contributed by atoms with E-state index in [1.807, 2.05) is 49.4 Å². The summed E-state index contributed by atoms with van der Waals surface area (Å²) < 4.78 is 5.13. The Morgan fingerprint density at radius 1 is 0.821 bits per heavy atom. The van der Waals surface area contributed by atoms with E-state index in [0.29, 0.717) is 22.6 Å². The molecule has 0 aliphatic rings. The molecule has 0 aliphatic heterocycles. The van der Waals surface area contributed by atoms with E-state index >= 15 is 0 Å². The zero-order valence-electron chi connectivity index (χ0n) is 21.6. The summed E-state index contributed by atoms with van der Waals surface area (Å²) >= 11 is 1.41. The lowest BCUT2D eigenvalue weighted by molar-refractivity contribution is -0.113. The first-order chi connectivity index (χ1) is 18.9. The second-order valence-electron chi connectivity index (χ2n) is 8.71. The minimum Gasteiger partial charge on any atom is -0.497 e. The fourth-order valence-electron chi connectivity index (χ4n) is 3.71. The number of aryl methyl sites for hydroxylation is 1. The van der Waals surface area contributed by atoms with Crippen molar-refractivity contribution in [3.8, 4) is 5.75 Å². The average molecular weight is 537 g/mol. The summed E-state index contributed by atoms with van der Waals surface area (Å²) in [6.45, 7) is 1.96. The minimum atomic E-state index is -0.448. The van der Waals surface area contributed by atoms with Gasteiger partial charge in [-0.2, -0.15) is 0 Å². The van der Waals surface area contributed by atoms with E-state index in [0.717, 1.165) is 16.0 Å². The van der Waals surface area contributed by atoms with E-state index < -0.39 is 5.91 Å². The van der Waals surface area contributed by atoms with Gasteiger partial charge in [0.1, 0.15) is 11.4 Å². The summed E-state index contributed by atoms with van der Waals surface area (Å²) in [6.07, 6.45) is 1.65. The van der Waals surface area contributed by atoms with E-state index in [2.05, 4.69) is 10.6 Å². The van der Waals surface area contributed by atoms with Crippen molar-refractivity contribution in [3.05, 3.63) is 131 Å². The summed E-state index contributed by atoms with van der Waals surface area (Å²) in [5.41, 5.74) is 3.59. The lowest BCUT2D eigenvalue weighted by Gasteiger charge is -2.12. The lowest BCUT2D eigenvalue weighted by atomic mass is 10.1. The predicted molar refractivity (Wildman–Crippen MR) is 156 cm³/mol. The number of methoxy groups -OCH3 is 1. The normalized spacial score (nSPS) is 11.0. The summed E-state index contributed by atoms with van der Waals surface area (Å²) in [6, 6.07) is 30.6. The summed E-state index contributed by atoms with van der Waals surface area (Å²) in [5, 5.41) is 5.60. The van der Waals surface area contributed by atoms with E-state index in [9.17, 15) is 14.4 Å².